The van der Waals surface area contributed by atoms with E-state index in [0.717, 1.165) is 43.9 Å². The fourth-order valence-electron chi connectivity index (χ4n) is 3.14. The lowest BCUT2D eigenvalue weighted by molar-refractivity contribution is 0.362. The van der Waals surface area contributed by atoms with Crippen molar-refractivity contribution in [2.24, 2.45) is 0 Å². The molecule has 0 amide bonds. The average molecular weight is 328 g/mol. The smallest absolute Gasteiger partial charge is 0.248 e. The van der Waals surface area contributed by atoms with E-state index >= 15 is 0 Å². The molecule has 5 nitrogen and oxygen atoms in total. The van der Waals surface area contributed by atoms with Crippen LogP contribution in [0.3, 0.4) is 0 Å². The number of anilines is 2. The number of nitrogens with one attached hydrogen (secondary N) is 1. The summed E-state index contributed by atoms with van der Waals surface area (Å²) in [4.78, 5) is 6.97. The number of nitrogens with zero attached hydrogens (tertiary/aromatic N) is 3. The lowest BCUT2D eigenvalue weighted by Crippen LogP contribution is -2.29. The highest BCUT2D eigenvalue weighted by molar-refractivity contribution is 5.58. The minimum atomic E-state index is 0.00415. The Morgan fingerprint density at radius 1 is 1.25 bits per heavy atom. The molecule has 1 aliphatic rings. The van der Waals surface area contributed by atoms with Gasteiger partial charge in [0.15, 0.2) is 5.82 Å². The van der Waals surface area contributed by atoms with Gasteiger partial charge in [-0.1, -0.05) is 24.6 Å². The van der Waals surface area contributed by atoms with Gasteiger partial charge in [-0.15, -0.1) is 0 Å². The van der Waals surface area contributed by atoms with Gasteiger partial charge in [-0.3, -0.25) is 0 Å². The largest absolute Gasteiger partial charge is 0.374 e. The Hall–Kier alpha value is -2.04. The molecule has 3 rings (SSSR count). The molecular weight excluding hydrogens is 300 g/mol. The Morgan fingerprint density at radius 2 is 2.08 bits per heavy atom. The molecule has 130 valence electrons. The van der Waals surface area contributed by atoms with Gasteiger partial charge < -0.3 is 14.7 Å². The number of rotatable bonds is 7. The number of aryl methyl sites for hydroxylation is 1. The first-order valence-electron chi connectivity index (χ1n) is 9.20. The Kier molecular flexibility index (Phi) is 5.72. The van der Waals surface area contributed by atoms with E-state index in [-0.39, 0.29) is 6.04 Å². The molecule has 0 radical (unpaired) electrons. The van der Waals surface area contributed by atoms with Crippen LogP contribution in [0.5, 0.6) is 0 Å². The van der Waals surface area contributed by atoms with Crippen LogP contribution in [-0.4, -0.2) is 23.2 Å². The fraction of sp³-hybridized carbons (Fsp3) is 0.579. The van der Waals surface area contributed by atoms with Gasteiger partial charge >= 0.3 is 0 Å². The summed E-state index contributed by atoms with van der Waals surface area (Å²) >= 11 is 0. The fourth-order valence-corrected chi connectivity index (χ4v) is 3.14. The second-order valence-electron chi connectivity index (χ2n) is 6.62. The van der Waals surface area contributed by atoms with Crippen LogP contribution in [0.2, 0.25) is 0 Å². The van der Waals surface area contributed by atoms with Crippen molar-refractivity contribution in [3.05, 3.63) is 36.0 Å². The monoisotopic (exact) mass is 328 g/mol. The molecule has 1 aromatic carbocycles. The molecular formula is C19H28N4O. The van der Waals surface area contributed by atoms with E-state index in [1.54, 1.807) is 0 Å². The molecule has 1 atom stereocenters. The molecule has 1 unspecified atom stereocenters. The zero-order chi connectivity index (χ0) is 16.8. The number of hydrogen-bond donors (Lipinski definition) is 1. The maximum absolute atomic E-state index is 5.41. The van der Waals surface area contributed by atoms with Crippen LogP contribution in [-0.2, 0) is 6.42 Å². The summed E-state index contributed by atoms with van der Waals surface area (Å²) in [5, 5.41) is 7.56. The number of piperidine rings is 1. The molecule has 1 fully saturated rings. The normalized spacial score (nSPS) is 16.2. The first kappa shape index (κ1) is 16.8. The van der Waals surface area contributed by atoms with Gasteiger partial charge in [0, 0.05) is 30.9 Å². The van der Waals surface area contributed by atoms with Crippen LogP contribution >= 0.6 is 0 Å². The highest BCUT2D eigenvalue weighted by Gasteiger charge is 2.15. The first-order chi connectivity index (χ1) is 11.8. The third kappa shape index (κ3) is 4.28. The molecule has 0 bridgehead atoms. The maximum atomic E-state index is 5.41. The number of aromatic nitrogens is 2. The maximum Gasteiger partial charge on any atom is 0.248 e. The predicted octanol–water partition coefficient (Wildman–Crippen LogP) is 4.58. The summed E-state index contributed by atoms with van der Waals surface area (Å²) in [6.07, 6.45) is 7.05. The molecule has 1 aromatic heterocycles. The summed E-state index contributed by atoms with van der Waals surface area (Å²) in [6, 6.07) is 8.62. The summed E-state index contributed by atoms with van der Waals surface area (Å²) in [6.45, 7) is 6.54. The molecule has 0 saturated carbocycles. The van der Waals surface area contributed by atoms with Crippen LogP contribution < -0.4 is 10.2 Å². The molecule has 24 heavy (non-hydrogen) atoms. The van der Waals surface area contributed by atoms with Crippen LogP contribution in [0.4, 0.5) is 11.4 Å². The van der Waals surface area contributed by atoms with Crippen molar-refractivity contribution < 1.29 is 4.52 Å². The third-order valence-corrected chi connectivity index (χ3v) is 4.56. The van der Waals surface area contributed by atoms with E-state index in [4.69, 9.17) is 4.52 Å². The lowest BCUT2D eigenvalue weighted by atomic mass is 10.1. The van der Waals surface area contributed by atoms with Crippen LogP contribution in [0, 0.1) is 0 Å². The van der Waals surface area contributed by atoms with Gasteiger partial charge in [0.2, 0.25) is 5.89 Å². The molecule has 1 saturated heterocycles. The SMILES string of the molecule is CCCCc1noc(C(C)Nc2cccc(N3CCCCC3)c2)n1. The lowest BCUT2D eigenvalue weighted by Gasteiger charge is -2.29. The summed E-state index contributed by atoms with van der Waals surface area (Å²) in [5.41, 5.74) is 2.39. The molecule has 0 spiro atoms. The number of unbranched alkanes of at least 4 members (excludes halogenated alkanes) is 1. The van der Waals surface area contributed by atoms with E-state index in [1.807, 2.05) is 0 Å². The Bertz CT molecular complexity index is 634. The Balaban J connectivity index is 1.63. The molecule has 2 aromatic rings. The highest BCUT2D eigenvalue weighted by atomic mass is 16.5. The van der Waals surface area contributed by atoms with Gasteiger partial charge in [0.05, 0.1) is 0 Å². The van der Waals surface area contributed by atoms with E-state index in [0.29, 0.717) is 5.89 Å². The topological polar surface area (TPSA) is 54.2 Å². The van der Waals surface area contributed by atoms with E-state index in [9.17, 15) is 0 Å². The minimum Gasteiger partial charge on any atom is -0.374 e. The van der Waals surface area contributed by atoms with E-state index < -0.39 is 0 Å². The van der Waals surface area contributed by atoms with Crippen molar-refractivity contribution in [2.75, 3.05) is 23.3 Å². The van der Waals surface area contributed by atoms with Gasteiger partial charge in [-0.05, 0) is 50.8 Å². The average Bonchev–Trinajstić information content (AvgIpc) is 3.10. The van der Waals surface area contributed by atoms with Crippen molar-refractivity contribution in [1.82, 2.24) is 10.1 Å². The molecule has 0 aliphatic carbocycles. The van der Waals surface area contributed by atoms with Crippen molar-refractivity contribution in [1.29, 1.82) is 0 Å². The quantitative estimate of drug-likeness (QED) is 0.806. The van der Waals surface area contributed by atoms with Crippen LogP contribution in [0.25, 0.3) is 0 Å². The van der Waals surface area contributed by atoms with E-state index in [2.05, 4.69) is 58.5 Å². The van der Waals surface area contributed by atoms with Crippen molar-refractivity contribution >= 4 is 11.4 Å². The predicted molar refractivity (Wildman–Crippen MR) is 97.5 cm³/mol. The first-order valence-corrected chi connectivity index (χ1v) is 9.20. The second kappa shape index (κ2) is 8.18. The van der Waals surface area contributed by atoms with E-state index in [1.165, 1.54) is 24.9 Å². The van der Waals surface area contributed by atoms with Gasteiger partial charge in [0.25, 0.3) is 0 Å². The highest BCUT2D eigenvalue weighted by Crippen LogP contribution is 2.25. The van der Waals surface area contributed by atoms with Crippen molar-refractivity contribution in [3.63, 3.8) is 0 Å². The minimum absolute atomic E-state index is 0.00415. The van der Waals surface area contributed by atoms with Gasteiger partial charge in [-0.2, -0.15) is 4.98 Å². The molecule has 1 N–H and O–H groups in total. The van der Waals surface area contributed by atoms with Gasteiger partial charge in [-0.25, -0.2) is 0 Å². The molecule has 1 aliphatic heterocycles. The Labute approximate surface area is 144 Å². The van der Waals surface area contributed by atoms with Crippen molar-refractivity contribution in [3.8, 4) is 0 Å². The summed E-state index contributed by atoms with van der Waals surface area (Å²) in [7, 11) is 0. The zero-order valence-corrected chi connectivity index (χ0v) is 14.8. The van der Waals surface area contributed by atoms with Crippen LogP contribution in [0.15, 0.2) is 28.8 Å². The zero-order valence-electron chi connectivity index (χ0n) is 14.8. The number of hydrogen-bond acceptors (Lipinski definition) is 5. The Morgan fingerprint density at radius 3 is 2.88 bits per heavy atom. The molecule has 2 heterocycles. The summed E-state index contributed by atoms with van der Waals surface area (Å²) in [5.74, 6) is 1.46. The summed E-state index contributed by atoms with van der Waals surface area (Å²) < 4.78 is 5.41. The van der Waals surface area contributed by atoms with Crippen molar-refractivity contribution in [2.45, 2.75) is 58.4 Å². The second-order valence-corrected chi connectivity index (χ2v) is 6.62. The van der Waals surface area contributed by atoms with Crippen LogP contribution in [0.1, 0.15) is 63.7 Å². The molecule has 5 heteroatoms. The number of benzene rings is 1. The van der Waals surface area contributed by atoms with Gasteiger partial charge in [0.1, 0.15) is 6.04 Å². The third-order valence-electron chi connectivity index (χ3n) is 4.56. The standard InChI is InChI=1S/C19H28N4O/c1-3-4-11-18-21-19(24-22-18)15(2)20-16-9-8-10-17(14-16)23-12-6-5-7-13-23/h8-10,14-15,20H,3-7,11-13H2,1-2H3.